The van der Waals surface area contributed by atoms with Crippen molar-refractivity contribution >= 4 is 23.6 Å². The van der Waals surface area contributed by atoms with E-state index in [1.54, 1.807) is 0 Å². The maximum Gasteiger partial charge on any atom is 0.151 e. The van der Waals surface area contributed by atoms with Gasteiger partial charge in [0.25, 0.3) is 0 Å². The third-order valence-electron chi connectivity index (χ3n) is 3.07. The van der Waals surface area contributed by atoms with Gasteiger partial charge in [-0.2, -0.15) is 0 Å². The SMILES string of the molecule is NC(C=O)N1CCN(c2ccc(Cl)cc2)CC1. The second-order valence-electron chi connectivity index (χ2n) is 4.13. The van der Waals surface area contributed by atoms with Gasteiger partial charge in [0, 0.05) is 36.9 Å². The first-order chi connectivity index (χ1) is 8.20. The number of rotatable bonds is 3. The number of hydrogen-bond acceptors (Lipinski definition) is 4. The Morgan fingerprint density at radius 1 is 1.18 bits per heavy atom. The van der Waals surface area contributed by atoms with Crippen molar-refractivity contribution in [1.29, 1.82) is 0 Å². The Bertz CT molecular complexity index is 374. The van der Waals surface area contributed by atoms with Crippen LogP contribution in [0.3, 0.4) is 0 Å². The van der Waals surface area contributed by atoms with Crippen molar-refractivity contribution in [3.05, 3.63) is 29.3 Å². The van der Waals surface area contributed by atoms with Crippen molar-refractivity contribution in [3.63, 3.8) is 0 Å². The van der Waals surface area contributed by atoms with Crippen LogP contribution in [0, 0.1) is 0 Å². The van der Waals surface area contributed by atoms with Crippen LogP contribution in [0.4, 0.5) is 5.69 Å². The number of nitrogens with two attached hydrogens (primary N) is 1. The zero-order valence-corrected chi connectivity index (χ0v) is 10.3. The van der Waals surface area contributed by atoms with Crippen LogP contribution in [0.25, 0.3) is 0 Å². The molecule has 1 aliphatic rings. The zero-order valence-electron chi connectivity index (χ0n) is 9.55. The van der Waals surface area contributed by atoms with Crippen LogP contribution in [0.15, 0.2) is 24.3 Å². The van der Waals surface area contributed by atoms with Crippen LogP contribution in [0.2, 0.25) is 5.02 Å². The Labute approximate surface area is 106 Å². The molecule has 2 N–H and O–H groups in total. The molecule has 1 aromatic rings. The van der Waals surface area contributed by atoms with Crippen molar-refractivity contribution < 1.29 is 4.79 Å². The number of carbonyl (C=O) groups excluding carboxylic acids is 1. The van der Waals surface area contributed by atoms with Gasteiger partial charge in [-0.3, -0.25) is 4.90 Å². The molecule has 1 unspecified atom stereocenters. The summed E-state index contributed by atoms with van der Waals surface area (Å²) in [7, 11) is 0. The Morgan fingerprint density at radius 3 is 2.29 bits per heavy atom. The molecule has 0 aliphatic carbocycles. The van der Waals surface area contributed by atoms with Crippen molar-refractivity contribution in [2.75, 3.05) is 31.1 Å². The van der Waals surface area contributed by atoms with Gasteiger partial charge in [0.1, 0.15) is 6.17 Å². The van der Waals surface area contributed by atoms with Gasteiger partial charge >= 0.3 is 0 Å². The first-order valence-electron chi connectivity index (χ1n) is 5.66. The number of carbonyl (C=O) groups is 1. The van der Waals surface area contributed by atoms with E-state index in [-0.39, 0.29) is 0 Å². The van der Waals surface area contributed by atoms with E-state index in [1.165, 1.54) is 0 Å². The summed E-state index contributed by atoms with van der Waals surface area (Å²) in [5.41, 5.74) is 6.83. The summed E-state index contributed by atoms with van der Waals surface area (Å²) < 4.78 is 0. The summed E-state index contributed by atoms with van der Waals surface area (Å²) in [4.78, 5) is 14.9. The van der Waals surface area contributed by atoms with E-state index in [9.17, 15) is 4.79 Å². The van der Waals surface area contributed by atoms with Crippen LogP contribution < -0.4 is 10.6 Å². The van der Waals surface area contributed by atoms with E-state index >= 15 is 0 Å². The highest BCUT2D eigenvalue weighted by Crippen LogP contribution is 2.19. The lowest BCUT2D eigenvalue weighted by Crippen LogP contribution is -2.53. The lowest BCUT2D eigenvalue weighted by molar-refractivity contribution is -0.112. The number of piperazine rings is 1. The van der Waals surface area contributed by atoms with Crippen LogP contribution in [0.1, 0.15) is 0 Å². The largest absolute Gasteiger partial charge is 0.369 e. The average molecular weight is 254 g/mol. The minimum atomic E-state index is -0.470. The molecule has 92 valence electrons. The third kappa shape index (κ3) is 2.97. The fourth-order valence-corrected chi connectivity index (χ4v) is 2.14. The van der Waals surface area contributed by atoms with Gasteiger partial charge in [0.05, 0.1) is 0 Å². The topological polar surface area (TPSA) is 49.6 Å². The molecule has 0 amide bonds. The molecule has 0 spiro atoms. The summed E-state index contributed by atoms with van der Waals surface area (Å²) in [6, 6.07) is 7.80. The van der Waals surface area contributed by atoms with Gasteiger partial charge in [-0.15, -0.1) is 0 Å². The van der Waals surface area contributed by atoms with Crippen molar-refractivity contribution in [2.24, 2.45) is 5.73 Å². The van der Waals surface area contributed by atoms with Crippen molar-refractivity contribution in [2.45, 2.75) is 6.17 Å². The lowest BCUT2D eigenvalue weighted by atomic mass is 10.2. The first kappa shape index (κ1) is 12.4. The van der Waals surface area contributed by atoms with Crippen molar-refractivity contribution in [1.82, 2.24) is 4.90 Å². The third-order valence-corrected chi connectivity index (χ3v) is 3.32. The lowest BCUT2D eigenvalue weighted by Gasteiger charge is -2.37. The first-order valence-corrected chi connectivity index (χ1v) is 6.04. The van der Waals surface area contributed by atoms with Crippen LogP contribution >= 0.6 is 11.6 Å². The number of benzene rings is 1. The summed E-state index contributed by atoms with van der Waals surface area (Å²) in [5.74, 6) is 0. The molecule has 2 rings (SSSR count). The summed E-state index contributed by atoms with van der Waals surface area (Å²) in [6.07, 6.45) is 0.320. The number of nitrogens with zero attached hydrogens (tertiary/aromatic N) is 2. The normalized spacial score (nSPS) is 19.1. The molecule has 0 aromatic heterocycles. The van der Waals surface area contributed by atoms with Crippen LogP contribution in [-0.4, -0.2) is 43.5 Å². The fourth-order valence-electron chi connectivity index (χ4n) is 2.02. The van der Waals surface area contributed by atoms with Gasteiger partial charge in [-0.25, -0.2) is 0 Å². The molecule has 1 atom stereocenters. The van der Waals surface area contributed by atoms with E-state index in [4.69, 9.17) is 17.3 Å². The molecule has 1 heterocycles. The molecule has 0 bridgehead atoms. The van der Waals surface area contributed by atoms with Crippen LogP contribution in [0.5, 0.6) is 0 Å². The molecule has 17 heavy (non-hydrogen) atoms. The van der Waals surface area contributed by atoms with E-state index in [0.717, 1.165) is 43.2 Å². The van der Waals surface area contributed by atoms with E-state index in [2.05, 4.69) is 4.90 Å². The molecule has 1 aromatic carbocycles. The zero-order chi connectivity index (χ0) is 12.3. The second-order valence-corrected chi connectivity index (χ2v) is 4.56. The Kier molecular flexibility index (Phi) is 3.99. The minimum Gasteiger partial charge on any atom is -0.369 e. The molecule has 1 aliphatic heterocycles. The molecule has 1 fully saturated rings. The molecule has 0 radical (unpaired) electrons. The van der Waals surface area contributed by atoms with E-state index < -0.39 is 6.17 Å². The maximum atomic E-state index is 10.6. The number of halogens is 1. The number of anilines is 1. The quantitative estimate of drug-likeness (QED) is 0.815. The Hall–Kier alpha value is -1.10. The summed E-state index contributed by atoms with van der Waals surface area (Å²) in [5, 5.41) is 0.746. The highest BCUT2D eigenvalue weighted by molar-refractivity contribution is 6.30. The highest BCUT2D eigenvalue weighted by Gasteiger charge is 2.20. The van der Waals surface area contributed by atoms with Crippen LogP contribution in [-0.2, 0) is 4.79 Å². The summed E-state index contributed by atoms with van der Waals surface area (Å²) in [6.45, 7) is 3.37. The molecular weight excluding hydrogens is 238 g/mol. The van der Waals surface area contributed by atoms with Gasteiger partial charge in [-0.1, -0.05) is 11.6 Å². The minimum absolute atomic E-state index is 0.470. The van der Waals surface area contributed by atoms with Gasteiger partial charge in [0.2, 0.25) is 0 Å². The second kappa shape index (κ2) is 5.49. The number of aldehydes is 1. The molecule has 0 saturated carbocycles. The molecule has 4 nitrogen and oxygen atoms in total. The predicted molar refractivity (Wildman–Crippen MR) is 69.3 cm³/mol. The Balaban J connectivity index is 1.95. The van der Waals surface area contributed by atoms with Gasteiger partial charge in [-0.05, 0) is 24.3 Å². The summed E-state index contributed by atoms with van der Waals surface area (Å²) >= 11 is 5.85. The van der Waals surface area contributed by atoms with Crippen molar-refractivity contribution in [3.8, 4) is 0 Å². The predicted octanol–water partition coefficient (Wildman–Crippen LogP) is 0.946. The molecule has 1 saturated heterocycles. The fraction of sp³-hybridized carbons (Fsp3) is 0.417. The van der Waals surface area contributed by atoms with E-state index in [1.807, 2.05) is 29.2 Å². The van der Waals surface area contributed by atoms with Gasteiger partial charge < -0.3 is 15.4 Å². The number of hydrogen-bond donors (Lipinski definition) is 1. The van der Waals surface area contributed by atoms with E-state index in [0.29, 0.717) is 0 Å². The highest BCUT2D eigenvalue weighted by atomic mass is 35.5. The maximum absolute atomic E-state index is 10.6. The standard InChI is InChI=1S/C12H16ClN3O/c13-10-1-3-11(4-2-10)15-5-7-16(8-6-15)12(14)9-17/h1-4,9,12H,5-8,14H2. The monoisotopic (exact) mass is 253 g/mol. The Morgan fingerprint density at radius 2 is 1.76 bits per heavy atom. The van der Waals surface area contributed by atoms with Gasteiger partial charge in [0.15, 0.2) is 6.29 Å². The average Bonchev–Trinajstić information content (AvgIpc) is 2.39. The molecular formula is C12H16ClN3O. The molecule has 5 heteroatoms. The smallest absolute Gasteiger partial charge is 0.151 e.